The summed E-state index contributed by atoms with van der Waals surface area (Å²) >= 11 is 0. The molecule has 6 heteroatoms. The molecule has 1 N–H and O–H groups in total. The molecule has 108 valence electrons. The average Bonchev–Trinajstić information content (AvgIpc) is 2.27. The lowest BCUT2D eigenvalue weighted by molar-refractivity contribution is 0.455. The van der Waals surface area contributed by atoms with Gasteiger partial charge in [0, 0.05) is 23.4 Å². The Balaban J connectivity index is 2.77. The Morgan fingerprint density at radius 2 is 1.74 bits per heavy atom. The van der Waals surface area contributed by atoms with E-state index in [-0.39, 0.29) is 23.1 Å². The minimum absolute atomic E-state index is 0.0517. The molecule has 0 bridgehead atoms. The smallest absolute Gasteiger partial charge is 0.151 e. The highest BCUT2D eigenvalue weighted by atomic mass is 32.2. The van der Waals surface area contributed by atoms with Crippen molar-refractivity contribution in [3.8, 4) is 0 Å². The Kier molecular flexibility index (Phi) is 5.43. The fourth-order valence-electron chi connectivity index (χ4n) is 1.98. The van der Waals surface area contributed by atoms with Gasteiger partial charge < -0.3 is 5.32 Å². The van der Waals surface area contributed by atoms with Crippen LogP contribution in [-0.2, 0) is 9.84 Å². The van der Waals surface area contributed by atoms with Crippen LogP contribution in [0.2, 0.25) is 0 Å². The molecule has 0 spiro atoms. The fourth-order valence-corrected chi connectivity index (χ4v) is 3.08. The quantitative estimate of drug-likeness (QED) is 0.875. The average molecular weight is 291 g/mol. The number of halogens is 2. The van der Waals surface area contributed by atoms with Crippen LogP contribution in [0.4, 0.5) is 8.78 Å². The van der Waals surface area contributed by atoms with Crippen LogP contribution in [0.1, 0.15) is 32.4 Å². The summed E-state index contributed by atoms with van der Waals surface area (Å²) in [6.07, 6.45) is 0. The molecule has 3 nitrogen and oxygen atoms in total. The predicted octanol–water partition coefficient (Wildman–Crippen LogP) is 2.44. The minimum atomic E-state index is -3.12. The van der Waals surface area contributed by atoms with Gasteiger partial charge in [0.15, 0.2) is 9.84 Å². The Labute approximate surface area is 112 Å². The Bertz CT molecular complexity index is 511. The summed E-state index contributed by atoms with van der Waals surface area (Å²) < 4.78 is 50.1. The van der Waals surface area contributed by atoms with Gasteiger partial charge in [-0.3, -0.25) is 0 Å². The normalized spacial score (nSPS) is 15.2. The molecule has 2 atom stereocenters. The lowest BCUT2D eigenvalue weighted by Gasteiger charge is -2.21. The summed E-state index contributed by atoms with van der Waals surface area (Å²) in [7, 11) is -3.12. The van der Waals surface area contributed by atoms with E-state index < -0.39 is 27.5 Å². The van der Waals surface area contributed by atoms with Gasteiger partial charge in [0.2, 0.25) is 0 Å². The molecule has 0 amide bonds. The van der Waals surface area contributed by atoms with Crippen molar-refractivity contribution in [1.82, 2.24) is 5.32 Å². The van der Waals surface area contributed by atoms with E-state index in [9.17, 15) is 17.2 Å². The molecular formula is C13H19F2NO2S. The number of hydrogen-bond donors (Lipinski definition) is 1. The first-order valence-corrected chi connectivity index (χ1v) is 7.99. The molecule has 0 aliphatic rings. The van der Waals surface area contributed by atoms with E-state index in [1.165, 1.54) is 18.2 Å². The Morgan fingerprint density at radius 3 is 2.21 bits per heavy atom. The van der Waals surface area contributed by atoms with Gasteiger partial charge in [-0.1, -0.05) is 13.0 Å². The lowest BCUT2D eigenvalue weighted by atomic mass is 10.1. The zero-order valence-corrected chi connectivity index (χ0v) is 12.1. The van der Waals surface area contributed by atoms with Gasteiger partial charge in [-0.15, -0.1) is 0 Å². The van der Waals surface area contributed by atoms with E-state index in [1.54, 1.807) is 20.8 Å². The van der Waals surface area contributed by atoms with Gasteiger partial charge in [-0.05, 0) is 26.0 Å². The van der Waals surface area contributed by atoms with Crippen molar-refractivity contribution in [2.45, 2.75) is 32.9 Å². The molecule has 0 radical (unpaired) electrons. The highest BCUT2D eigenvalue weighted by Crippen LogP contribution is 2.20. The number of hydrogen-bond acceptors (Lipinski definition) is 3. The number of nitrogens with one attached hydrogen (secondary N) is 1. The molecule has 0 aliphatic heterocycles. The molecule has 0 aromatic heterocycles. The molecule has 1 rings (SSSR count). The van der Waals surface area contributed by atoms with Gasteiger partial charge in [-0.2, -0.15) is 0 Å². The summed E-state index contributed by atoms with van der Waals surface area (Å²) in [4.78, 5) is 0. The number of benzene rings is 1. The molecular weight excluding hydrogens is 272 g/mol. The first kappa shape index (κ1) is 16.0. The van der Waals surface area contributed by atoms with E-state index >= 15 is 0 Å². The summed E-state index contributed by atoms with van der Waals surface area (Å²) in [6, 6.07) is 2.70. The maximum absolute atomic E-state index is 13.6. The van der Waals surface area contributed by atoms with Crippen molar-refractivity contribution < 1.29 is 17.2 Å². The van der Waals surface area contributed by atoms with E-state index in [4.69, 9.17) is 0 Å². The van der Waals surface area contributed by atoms with E-state index in [0.29, 0.717) is 0 Å². The number of sulfone groups is 1. The van der Waals surface area contributed by atoms with Gasteiger partial charge in [-0.25, -0.2) is 17.2 Å². The second kappa shape index (κ2) is 6.43. The maximum Gasteiger partial charge on any atom is 0.151 e. The molecule has 1 aromatic carbocycles. The molecule has 0 saturated carbocycles. The summed E-state index contributed by atoms with van der Waals surface area (Å²) in [5, 5.41) is 2.91. The van der Waals surface area contributed by atoms with Gasteiger partial charge in [0.05, 0.1) is 5.75 Å². The van der Waals surface area contributed by atoms with Crippen LogP contribution in [0.3, 0.4) is 0 Å². The largest absolute Gasteiger partial charge is 0.306 e. The molecule has 19 heavy (non-hydrogen) atoms. The van der Waals surface area contributed by atoms with Crippen LogP contribution in [-0.4, -0.2) is 26.0 Å². The van der Waals surface area contributed by atoms with Crippen molar-refractivity contribution in [1.29, 1.82) is 0 Å². The zero-order valence-electron chi connectivity index (χ0n) is 11.3. The molecule has 0 fully saturated rings. The van der Waals surface area contributed by atoms with Crippen LogP contribution in [0.15, 0.2) is 18.2 Å². The van der Waals surface area contributed by atoms with Crippen molar-refractivity contribution in [3.05, 3.63) is 35.4 Å². The highest BCUT2D eigenvalue weighted by molar-refractivity contribution is 7.91. The molecule has 0 heterocycles. The Morgan fingerprint density at radius 1 is 1.21 bits per heavy atom. The van der Waals surface area contributed by atoms with Crippen LogP contribution in [0.5, 0.6) is 0 Å². The van der Waals surface area contributed by atoms with Crippen molar-refractivity contribution in [2.24, 2.45) is 0 Å². The molecule has 0 aliphatic carbocycles. The van der Waals surface area contributed by atoms with Crippen molar-refractivity contribution >= 4 is 9.84 Å². The third-order valence-corrected chi connectivity index (χ3v) is 4.80. The van der Waals surface area contributed by atoms with E-state index in [0.717, 1.165) is 0 Å². The number of rotatable bonds is 6. The standard InChI is InChI=1S/C13H19F2NO2S/c1-4-19(17,18)8-9(2)16-10(3)13-11(14)6-5-7-12(13)15/h5-7,9-10,16H,4,8H2,1-3H3/t9-,10-/m0/s1. The van der Waals surface area contributed by atoms with Gasteiger partial charge in [0.1, 0.15) is 11.6 Å². The monoisotopic (exact) mass is 291 g/mol. The molecule has 1 aromatic rings. The zero-order chi connectivity index (χ0) is 14.6. The molecule has 0 unspecified atom stereocenters. The van der Waals surface area contributed by atoms with E-state index in [2.05, 4.69) is 5.32 Å². The second-order valence-corrected chi connectivity index (χ2v) is 7.02. The fraction of sp³-hybridized carbons (Fsp3) is 0.538. The first-order valence-electron chi connectivity index (χ1n) is 6.17. The summed E-state index contributed by atoms with van der Waals surface area (Å²) in [5.74, 6) is -1.26. The molecule has 0 saturated heterocycles. The SMILES string of the molecule is CCS(=O)(=O)C[C@H](C)N[C@@H](C)c1c(F)cccc1F. The minimum Gasteiger partial charge on any atom is -0.306 e. The van der Waals surface area contributed by atoms with Crippen molar-refractivity contribution in [3.63, 3.8) is 0 Å². The summed E-state index contributed by atoms with van der Waals surface area (Å²) in [5.41, 5.74) is -0.0664. The first-order chi connectivity index (χ1) is 8.76. The van der Waals surface area contributed by atoms with Gasteiger partial charge >= 0.3 is 0 Å². The second-order valence-electron chi connectivity index (χ2n) is 4.62. The lowest BCUT2D eigenvalue weighted by Crippen LogP contribution is -2.36. The van der Waals surface area contributed by atoms with E-state index in [1.807, 2.05) is 0 Å². The Hall–Kier alpha value is -1.01. The van der Waals surface area contributed by atoms with Crippen LogP contribution < -0.4 is 5.32 Å². The highest BCUT2D eigenvalue weighted by Gasteiger charge is 2.20. The predicted molar refractivity (Wildman–Crippen MR) is 71.7 cm³/mol. The van der Waals surface area contributed by atoms with Crippen LogP contribution >= 0.6 is 0 Å². The summed E-state index contributed by atoms with van der Waals surface area (Å²) in [6.45, 7) is 4.86. The van der Waals surface area contributed by atoms with Crippen LogP contribution in [0, 0.1) is 11.6 Å². The maximum atomic E-state index is 13.6. The van der Waals surface area contributed by atoms with Crippen LogP contribution in [0.25, 0.3) is 0 Å². The van der Waals surface area contributed by atoms with Gasteiger partial charge in [0.25, 0.3) is 0 Å². The third kappa shape index (κ3) is 4.54. The van der Waals surface area contributed by atoms with Crippen molar-refractivity contribution in [2.75, 3.05) is 11.5 Å². The third-order valence-electron chi connectivity index (χ3n) is 2.91. The topological polar surface area (TPSA) is 46.2 Å².